The summed E-state index contributed by atoms with van der Waals surface area (Å²) >= 11 is 0. The molecule has 0 spiro atoms. The first-order chi connectivity index (χ1) is 15.0. The number of amides is 1. The summed E-state index contributed by atoms with van der Waals surface area (Å²) in [4.78, 5) is 37.3. The molecule has 1 N–H and O–H groups in total. The molecule has 1 aromatic carbocycles. The molecule has 0 bridgehead atoms. The summed E-state index contributed by atoms with van der Waals surface area (Å²) in [5, 5.41) is 1.14. The van der Waals surface area contributed by atoms with Gasteiger partial charge in [-0.05, 0) is 30.5 Å². The van der Waals surface area contributed by atoms with Crippen LogP contribution < -0.4 is 0 Å². The van der Waals surface area contributed by atoms with Crippen molar-refractivity contribution >= 4 is 22.8 Å². The van der Waals surface area contributed by atoms with Gasteiger partial charge in [0.1, 0.15) is 5.69 Å². The van der Waals surface area contributed by atoms with Crippen LogP contribution in [0.25, 0.3) is 10.9 Å². The highest BCUT2D eigenvalue weighted by Gasteiger charge is 2.28. The van der Waals surface area contributed by atoms with Crippen molar-refractivity contribution in [3.8, 4) is 0 Å². The van der Waals surface area contributed by atoms with Gasteiger partial charge >= 0.3 is 5.97 Å². The van der Waals surface area contributed by atoms with Crippen LogP contribution in [-0.2, 0) is 17.7 Å². The van der Waals surface area contributed by atoms with Crippen LogP contribution in [0.5, 0.6) is 0 Å². The maximum absolute atomic E-state index is 13.2. The number of carbonyl (C=O) groups is 2. The summed E-state index contributed by atoms with van der Waals surface area (Å²) in [6.45, 7) is 7.43. The zero-order chi connectivity index (χ0) is 22.0. The maximum atomic E-state index is 13.2. The number of para-hydroxylation sites is 1. The number of nitrogens with zero attached hydrogens (tertiary/aromatic N) is 3. The normalized spacial score (nSPS) is 14.7. The molecule has 1 amide bonds. The fourth-order valence-corrected chi connectivity index (χ4v) is 4.32. The third-order valence-electron chi connectivity index (χ3n) is 6.05. The first-order valence-electron chi connectivity index (χ1n) is 10.7. The van der Waals surface area contributed by atoms with Crippen molar-refractivity contribution in [3.63, 3.8) is 0 Å². The molecule has 1 fully saturated rings. The number of hydrogen-bond acceptors (Lipinski definition) is 5. The number of H-pyrrole nitrogens is 1. The summed E-state index contributed by atoms with van der Waals surface area (Å²) in [5.74, 6) is -0.466. The van der Waals surface area contributed by atoms with Crippen LogP contribution in [-0.4, -0.2) is 64.9 Å². The first kappa shape index (κ1) is 21.1. The van der Waals surface area contributed by atoms with E-state index in [-0.39, 0.29) is 5.91 Å². The Morgan fingerprint density at radius 2 is 1.87 bits per heavy atom. The van der Waals surface area contributed by atoms with Crippen LogP contribution in [0.3, 0.4) is 0 Å². The van der Waals surface area contributed by atoms with E-state index in [4.69, 9.17) is 4.74 Å². The molecule has 0 aliphatic carbocycles. The molecule has 4 rings (SSSR count). The Bertz CT molecular complexity index is 1110. The number of nitrogens with one attached hydrogen (secondary N) is 1. The van der Waals surface area contributed by atoms with E-state index in [2.05, 4.69) is 39.1 Å². The summed E-state index contributed by atoms with van der Waals surface area (Å²) in [5.41, 5.74) is 4.62. The third kappa shape index (κ3) is 4.05. The van der Waals surface area contributed by atoms with Gasteiger partial charge in [0, 0.05) is 50.0 Å². The molecule has 3 heterocycles. The zero-order valence-electron chi connectivity index (χ0n) is 18.3. The molecule has 0 saturated carbocycles. The van der Waals surface area contributed by atoms with Gasteiger partial charge in [0.2, 0.25) is 0 Å². The third-order valence-corrected chi connectivity index (χ3v) is 6.05. The molecular weight excluding hydrogens is 392 g/mol. The topological polar surface area (TPSA) is 78.5 Å². The number of aromatic nitrogens is 2. The zero-order valence-corrected chi connectivity index (χ0v) is 18.3. The summed E-state index contributed by atoms with van der Waals surface area (Å²) in [7, 11) is 1.36. The van der Waals surface area contributed by atoms with Crippen molar-refractivity contribution in [2.75, 3.05) is 33.3 Å². The van der Waals surface area contributed by atoms with Gasteiger partial charge in [0.25, 0.3) is 5.91 Å². The molecule has 7 nitrogen and oxygen atoms in total. The molecule has 31 heavy (non-hydrogen) atoms. The second-order valence-electron chi connectivity index (χ2n) is 7.88. The number of fused-ring (bicyclic) bond motifs is 1. The number of piperazine rings is 1. The number of hydrogen-bond donors (Lipinski definition) is 1. The van der Waals surface area contributed by atoms with E-state index >= 15 is 0 Å². The van der Waals surface area contributed by atoms with Gasteiger partial charge in [-0.25, -0.2) is 4.79 Å². The average molecular weight is 421 g/mol. The van der Waals surface area contributed by atoms with E-state index < -0.39 is 5.97 Å². The van der Waals surface area contributed by atoms with Crippen molar-refractivity contribution in [2.24, 2.45) is 0 Å². The van der Waals surface area contributed by atoms with Gasteiger partial charge in [0.15, 0.2) is 0 Å². The summed E-state index contributed by atoms with van der Waals surface area (Å²) in [6, 6.07) is 10.3. The minimum Gasteiger partial charge on any atom is -0.465 e. The Morgan fingerprint density at radius 1 is 1.13 bits per heavy atom. The van der Waals surface area contributed by atoms with Crippen molar-refractivity contribution in [1.82, 2.24) is 19.8 Å². The molecule has 0 unspecified atom stereocenters. The van der Waals surface area contributed by atoms with E-state index in [9.17, 15) is 9.59 Å². The lowest BCUT2D eigenvalue weighted by atomic mass is 10.1. The molecule has 1 aliphatic heterocycles. The van der Waals surface area contributed by atoms with Crippen molar-refractivity contribution in [1.29, 1.82) is 0 Å². The number of pyridine rings is 1. The highest BCUT2D eigenvalue weighted by molar-refractivity contribution is 6.00. The van der Waals surface area contributed by atoms with Gasteiger partial charge in [0.05, 0.1) is 18.2 Å². The minimum absolute atomic E-state index is 0.0613. The van der Waals surface area contributed by atoms with Crippen LogP contribution in [0.2, 0.25) is 0 Å². The molecule has 1 saturated heterocycles. The predicted octanol–water partition coefficient (Wildman–Crippen LogP) is 3.18. The van der Waals surface area contributed by atoms with Crippen LogP contribution in [0.4, 0.5) is 0 Å². The largest absolute Gasteiger partial charge is 0.465 e. The van der Waals surface area contributed by atoms with Crippen LogP contribution in [0.1, 0.15) is 44.6 Å². The summed E-state index contributed by atoms with van der Waals surface area (Å²) in [6.07, 6.45) is 2.46. The highest BCUT2D eigenvalue weighted by atomic mass is 16.5. The van der Waals surface area contributed by atoms with Gasteiger partial charge in [-0.1, -0.05) is 31.2 Å². The quantitative estimate of drug-likeness (QED) is 0.642. The number of benzene rings is 1. The van der Waals surface area contributed by atoms with Crippen LogP contribution in [0, 0.1) is 6.92 Å². The van der Waals surface area contributed by atoms with Crippen molar-refractivity contribution < 1.29 is 14.3 Å². The van der Waals surface area contributed by atoms with E-state index in [1.54, 1.807) is 6.92 Å². The van der Waals surface area contributed by atoms with E-state index in [1.807, 2.05) is 24.1 Å². The highest BCUT2D eigenvalue weighted by Crippen LogP contribution is 2.23. The number of aryl methyl sites for hydroxylation is 1. The fourth-order valence-electron chi connectivity index (χ4n) is 4.32. The smallest absolute Gasteiger partial charge is 0.339 e. The van der Waals surface area contributed by atoms with Crippen molar-refractivity contribution in [3.05, 3.63) is 64.6 Å². The molecule has 0 atom stereocenters. The Hall–Kier alpha value is -3.19. The van der Waals surface area contributed by atoms with E-state index in [0.29, 0.717) is 36.3 Å². The number of rotatable bonds is 5. The van der Waals surface area contributed by atoms with Crippen LogP contribution in [0.15, 0.2) is 36.5 Å². The molecule has 162 valence electrons. The number of carbonyl (C=O) groups excluding carboxylic acids is 2. The second-order valence-corrected chi connectivity index (χ2v) is 7.88. The lowest BCUT2D eigenvalue weighted by molar-refractivity contribution is 0.0599. The van der Waals surface area contributed by atoms with Gasteiger partial charge in [-0.2, -0.15) is 0 Å². The fraction of sp³-hybridized carbons (Fsp3) is 0.375. The Labute approximate surface area is 182 Å². The Kier molecular flexibility index (Phi) is 6.04. The molecule has 2 aromatic heterocycles. The summed E-state index contributed by atoms with van der Waals surface area (Å²) < 4.78 is 4.90. The molecular formula is C24H28N4O3. The molecule has 3 aromatic rings. The second kappa shape index (κ2) is 8.89. The standard InChI is InChI=1S/C24H28N4O3/c1-4-19-20(24(30)31-3)16(2)21(26-19)23(29)28-13-11-27(12-14-28)15-18-8-5-7-17-9-6-10-25-22(17)18/h5-10,26H,4,11-15H2,1-3H3. The number of aromatic amines is 1. The van der Waals surface area contributed by atoms with E-state index in [1.165, 1.54) is 12.7 Å². The monoisotopic (exact) mass is 420 g/mol. The SMILES string of the molecule is CCc1[nH]c(C(=O)N2CCN(Cc3cccc4cccnc34)CC2)c(C)c1C(=O)OC. The minimum atomic E-state index is -0.404. The predicted molar refractivity (Wildman–Crippen MR) is 119 cm³/mol. The molecule has 1 aliphatic rings. The van der Waals surface area contributed by atoms with E-state index in [0.717, 1.165) is 36.2 Å². The first-order valence-corrected chi connectivity index (χ1v) is 10.7. The van der Waals surface area contributed by atoms with Gasteiger partial charge in [-0.3, -0.25) is 14.7 Å². The van der Waals surface area contributed by atoms with Crippen molar-refractivity contribution in [2.45, 2.75) is 26.8 Å². The average Bonchev–Trinajstić information content (AvgIpc) is 3.15. The Morgan fingerprint density at radius 3 is 2.58 bits per heavy atom. The number of esters is 1. The number of methoxy groups -OCH3 is 1. The molecule has 0 radical (unpaired) electrons. The lowest BCUT2D eigenvalue weighted by Crippen LogP contribution is -2.48. The van der Waals surface area contributed by atoms with Gasteiger partial charge < -0.3 is 14.6 Å². The lowest BCUT2D eigenvalue weighted by Gasteiger charge is -2.34. The van der Waals surface area contributed by atoms with Gasteiger partial charge in [-0.15, -0.1) is 0 Å². The molecule has 7 heteroatoms. The van der Waals surface area contributed by atoms with Crippen LogP contribution >= 0.6 is 0 Å². The number of ether oxygens (including phenoxy) is 1. The Balaban J connectivity index is 1.45. The maximum Gasteiger partial charge on any atom is 0.339 e.